The lowest BCUT2D eigenvalue weighted by Gasteiger charge is -2.32. The molecule has 1 atom stereocenters. The van der Waals surface area contributed by atoms with Crippen LogP contribution in [-0.2, 0) is 9.84 Å². The standard InChI is InChI=1S/C18H23Cl3N4O2S/c1-24-10-3-4-14(24)9-11-25-12-22-16(23-17(25)18(19,20)21)13-5-7-15(8-6-13)28(2,26)27/h5-8,14H,3-4,9-12H2,1-2H3. The number of likely N-dealkylation sites (tertiary alicyclic amines) is 1. The first-order chi connectivity index (χ1) is 13.1. The number of rotatable bonds is 5. The van der Waals surface area contributed by atoms with Gasteiger partial charge in [0, 0.05) is 24.4 Å². The first-order valence-corrected chi connectivity index (χ1v) is 12.0. The van der Waals surface area contributed by atoms with Crippen molar-refractivity contribution in [1.82, 2.24) is 9.80 Å². The minimum absolute atomic E-state index is 0.237. The Morgan fingerprint density at radius 1 is 1.21 bits per heavy atom. The molecule has 2 aliphatic heterocycles. The van der Waals surface area contributed by atoms with E-state index in [1.54, 1.807) is 12.1 Å². The molecular formula is C18H23Cl3N4O2S. The molecule has 1 fully saturated rings. The number of halogens is 3. The minimum atomic E-state index is -3.26. The summed E-state index contributed by atoms with van der Waals surface area (Å²) in [7, 11) is -1.13. The van der Waals surface area contributed by atoms with Gasteiger partial charge in [-0.25, -0.2) is 18.4 Å². The Morgan fingerprint density at radius 2 is 1.89 bits per heavy atom. The summed E-state index contributed by atoms with van der Waals surface area (Å²) in [4.78, 5) is 13.5. The molecule has 0 bridgehead atoms. The summed E-state index contributed by atoms with van der Waals surface area (Å²) in [6.07, 6.45) is 4.49. The first kappa shape index (κ1) is 21.8. The van der Waals surface area contributed by atoms with Crippen molar-refractivity contribution in [1.29, 1.82) is 0 Å². The van der Waals surface area contributed by atoms with Crippen LogP contribution in [0.3, 0.4) is 0 Å². The van der Waals surface area contributed by atoms with E-state index in [4.69, 9.17) is 34.8 Å². The van der Waals surface area contributed by atoms with E-state index in [0.717, 1.165) is 13.0 Å². The van der Waals surface area contributed by atoms with Crippen LogP contribution in [0.2, 0.25) is 0 Å². The van der Waals surface area contributed by atoms with Gasteiger partial charge in [0.2, 0.25) is 3.79 Å². The molecule has 0 radical (unpaired) electrons. The van der Waals surface area contributed by atoms with Gasteiger partial charge in [-0.15, -0.1) is 0 Å². The number of sulfone groups is 1. The van der Waals surface area contributed by atoms with Gasteiger partial charge in [0.15, 0.2) is 21.5 Å². The Kier molecular flexibility index (Phi) is 6.61. The van der Waals surface area contributed by atoms with Crippen molar-refractivity contribution < 1.29 is 8.42 Å². The molecule has 2 aliphatic rings. The minimum Gasteiger partial charge on any atom is -0.337 e. The van der Waals surface area contributed by atoms with Crippen LogP contribution >= 0.6 is 34.8 Å². The quantitative estimate of drug-likeness (QED) is 0.625. The zero-order valence-electron chi connectivity index (χ0n) is 15.8. The van der Waals surface area contributed by atoms with Crippen LogP contribution in [0, 0.1) is 0 Å². The SMILES string of the molecule is CN1CCCC1CCN1CN=C(c2ccc(S(C)(=O)=O)cc2)N=C1C(Cl)(Cl)Cl. The van der Waals surface area contributed by atoms with Gasteiger partial charge in [-0.3, -0.25) is 0 Å². The summed E-state index contributed by atoms with van der Waals surface area (Å²) >= 11 is 18.5. The van der Waals surface area contributed by atoms with Crippen molar-refractivity contribution >= 4 is 56.3 Å². The van der Waals surface area contributed by atoms with Crippen LogP contribution in [0.4, 0.5) is 0 Å². The molecule has 0 spiro atoms. The van der Waals surface area contributed by atoms with Gasteiger partial charge < -0.3 is 9.80 Å². The van der Waals surface area contributed by atoms with Gasteiger partial charge in [0.25, 0.3) is 0 Å². The summed E-state index contributed by atoms with van der Waals surface area (Å²) in [5, 5.41) is 0. The predicted molar refractivity (Wildman–Crippen MR) is 116 cm³/mol. The third-order valence-electron chi connectivity index (χ3n) is 5.10. The molecule has 0 saturated carbocycles. The number of hydrogen-bond donors (Lipinski definition) is 0. The second-order valence-corrected chi connectivity index (χ2v) is 11.5. The van der Waals surface area contributed by atoms with Crippen molar-refractivity contribution in [2.75, 3.05) is 33.1 Å². The van der Waals surface area contributed by atoms with Crippen molar-refractivity contribution in [3.05, 3.63) is 29.8 Å². The molecule has 1 unspecified atom stereocenters. The van der Waals surface area contributed by atoms with E-state index in [2.05, 4.69) is 21.9 Å². The van der Waals surface area contributed by atoms with E-state index in [9.17, 15) is 8.42 Å². The molecular weight excluding hydrogens is 443 g/mol. The molecule has 6 nitrogen and oxygen atoms in total. The number of alkyl halides is 3. The van der Waals surface area contributed by atoms with Crippen LogP contribution < -0.4 is 0 Å². The summed E-state index contributed by atoms with van der Waals surface area (Å²) in [6.45, 7) is 2.15. The maximum absolute atomic E-state index is 11.6. The predicted octanol–water partition coefficient (Wildman–Crippen LogP) is 3.36. The van der Waals surface area contributed by atoms with E-state index >= 15 is 0 Å². The maximum Gasteiger partial charge on any atom is 0.248 e. The fourth-order valence-electron chi connectivity index (χ4n) is 3.50. The third kappa shape index (κ3) is 5.19. The number of aliphatic imine (C=N–C) groups is 2. The van der Waals surface area contributed by atoms with Crippen molar-refractivity contribution in [3.63, 3.8) is 0 Å². The lowest BCUT2D eigenvalue weighted by atomic mass is 10.1. The van der Waals surface area contributed by atoms with Crippen molar-refractivity contribution in [2.45, 2.75) is 34.0 Å². The van der Waals surface area contributed by atoms with Crippen molar-refractivity contribution in [3.8, 4) is 0 Å². The Labute approximate surface area is 181 Å². The Balaban J connectivity index is 1.78. The van der Waals surface area contributed by atoms with Gasteiger partial charge in [-0.05, 0) is 57.1 Å². The molecule has 28 heavy (non-hydrogen) atoms. The highest BCUT2D eigenvalue weighted by molar-refractivity contribution is 7.90. The fourth-order valence-corrected chi connectivity index (χ4v) is 4.62. The number of nitrogens with zero attached hydrogens (tertiary/aromatic N) is 4. The highest BCUT2D eigenvalue weighted by Gasteiger charge is 2.35. The molecule has 0 amide bonds. The Hall–Kier alpha value is -0.860. The molecule has 0 aromatic heterocycles. The average Bonchev–Trinajstić information content (AvgIpc) is 3.03. The summed E-state index contributed by atoms with van der Waals surface area (Å²) in [6, 6.07) is 6.90. The molecule has 3 rings (SSSR count). The second kappa shape index (κ2) is 8.48. The van der Waals surface area contributed by atoms with E-state index in [-0.39, 0.29) is 4.90 Å². The lowest BCUT2D eigenvalue weighted by molar-refractivity contribution is 0.271. The fraction of sp³-hybridized carbons (Fsp3) is 0.556. The van der Waals surface area contributed by atoms with Gasteiger partial charge in [0.05, 0.1) is 4.90 Å². The molecule has 10 heteroatoms. The molecule has 2 heterocycles. The van der Waals surface area contributed by atoms with Crippen molar-refractivity contribution in [2.24, 2.45) is 9.98 Å². The van der Waals surface area contributed by atoms with Crippen LogP contribution in [-0.4, -0.2) is 72.8 Å². The van der Waals surface area contributed by atoms with Crippen LogP contribution in [0.1, 0.15) is 24.8 Å². The highest BCUT2D eigenvalue weighted by Crippen LogP contribution is 2.32. The van der Waals surface area contributed by atoms with E-state index in [1.807, 2.05) is 4.90 Å². The van der Waals surface area contributed by atoms with E-state index < -0.39 is 13.6 Å². The Morgan fingerprint density at radius 3 is 2.43 bits per heavy atom. The van der Waals surface area contributed by atoms with Gasteiger partial charge in [0.1, 0.15) is 6.67 Å². The average molecular weight is 466 g/mol. The molecule has 154 valence electrons. The number of benzene rings is 1. The summed E-state index contributed by atoms with van der Waals surface area (Å²) in [5.41, 5.74) is 0.675. The smallest absolute Gasteiger partial charge is 0.248 e. The van der Waals surface area contributed by atoms with Crippen LogP contribution in [0.25, 0.3) is 0 Å². The zero-order chi connectivity index (χ0) is 20.5. The van der Waals surface area contributed by atoms with E-state index in [1.165, 1.54) is 31.2 Å². The highest BCUT2D eigenvalue weighted by atomic mass is 35.6. The lowest BCUT2D eigenvalue weighted by Crippen LogP contribution is -2.44. The Bertz CT molecular complexity index is 879. The third-order valence-corrected chi connectivity index (χ3v) is 6.74. The summed E-state index contributed by atoms with van der Waals surface area (Å²) < 4.78 is 21.6. The van der Waals surface area contributed by atoms with Crippen LogP contribution in [0.15, 0.2) is 39.1 Å². The topological polar surface area (TPSA) is 65.3 Å². The first-order valence-electron chi connectivity index (χ1n) is 9.02. The largest absolute Gasteiger partial charge is 0.337 e. The molecule has 0 N–H and O–H groups in total. The van der Waals surface area contributed by atoms with Gasteiger partial charge >= 0.3 is 0 Å². The zero-order valence-corrected chi connectivity index (χ0v) is 18.9. The normalized spacial score (nSPS) is 21.6. The van der Waals surface area contributed by atoms with Gasteiger partial charge in [-0.2, -0.15) is 0 Å². The number of hydrogen-bond acceptors (Lipinski definition) is 6. The van der Waals surface area contributed by atoms with Gasteiger partial charge in [-0.1, -0.05) is 34.8 Å². The maximum atomic E-state index is 11.6. The molecule has 1 aromatic rings. The number of amidine groups is 2. The van der Waals surface area contributed by atoms with Crippen LogP contribution in [0.5, 0.6) is 0 Å². The second-order valence-electron chi connectivity index (χ2n) is 7.18. The van der Waals surface area contributed by atoms with E-state index in [0.29, 0.717) is 36.5 Å². The molecule has 0 aliphatic carbocycles. The summed E-state index contributed by atoms with van der Waals surface area (Å²) in [5.74, 6) is 0.769. The molecule has 1 saturated heterocycles. The monoisotopic (exact) mass is 464 g/mol. The molecule has 1 aromatic carbocycles.